The molecule has 0 aliphatic carbocycles. The number of benzene rings is 2. The van der Waals surface area contributed by atoms with Gasteiger partial charge in [-0.1, -0.05) is 12.1 Å². The largest absolute Gasteiger partial charge is 0.494 e. The Balaban J connectivity index is 1.57. The highest BCUT2D eigenvalue weighted by Crippen LogP contribution is 2.27. The molecular weight excluding hydrogens is 394 g/mol. The van der Waals surface area contributed by atoms with E-state index in [4.69, 9.17) is 9.88 Å². The third kappa shape index (κ3) is 5.12. The Morgan fingerprint density at radius 2 is 1.83 bits per heavy atom. The third-order valence-electron chi connectivity index (χ3n) is 4.67. The highest BCUT2D eigenvalue weighted by molar-refractivity contribution is 7.89. The molecule has 0 spiro atoms. The number of carbonyl (C=O) groups is 2. The Morgan fingerprint density at radius 3 is 2.41 bits per heavy atom. The number of primary sulfonamides is 1. The van der Waals surface area contributed by atoms with E-state index in [1.807, 2.05) is 6.92 Å². The van der Waals surface area contributed by atoms with Crippen LogP contribution in [0, 0.1) is 5.92 Å². The summed E-state index contributed by atoms with van der Waals surface area (Å²) in [6, 6.07) is 13.2. The monoisotopic (exact) mass is 417 g/mol. The van der Waals surface area contributed by atoms with Crippen molar-refractivity contribution in [2.75, 3.05) is 18.1 Å². The minimum atomic E-state index is -3.75. The minimum Gasteiger partial charge on any atom is -0.494 e. The average molecular weight is 417 g/mol. The zero-order valence-corrected chi connectivity index (χ0v) is 16.8. The average Bonchev–Trinajstić information content (AvgIpc) is 3.08. The van der Waals surface area contributed by atoms with Crippen molar-refractivity contribution in [3.8, 4) is 5.75 Å². The molecule has 2 amide bonds. The number of nitrogens with zero attached hydrogens (tertiary/aromatic N) is 1. The fraction of sp³-hybridized carbons (Fsp3) is 0.300. The summed E-state index contributed by atoms with van der Waals surface area (Å²) in [4.78, 5) is 26.4. The van der Waals surface area contributed by atoms with Crippen molar-refractivity contribution >= 4 is 27.5 Å². The van der Waals surface area contributed by atoms with E-state index in [0.29, 0.717) is 13.2 Å². The highest BCUT2D eigenvalue weighted by atomic mass is 32.2. The Kier molecular flexibility index (Phi) is 6.19. The van der Waals surface area contributed by atoms with Crippen molar-refractivity contribution in [3.05, 3.63) is 54.1 Å². The summed E-state index contributed by atoms with van der Waals surface area (Å²) in [5, 5.41) is 7.87. The summed E-state index contributed by atoms with van der Waals surface area (Å²) in [5.74, 6) is -0.0440. The zero-order chi connectivity index (χ0) is 21.0. The van der Waals surface area contributed by atoms with Gasteiger partial charge in [0.05, 0.1) is 17.4 Å². The van der Waals surface area contributed by atoms with Crippen LogP contribution in [0.1, 0.15) is 18.9 Å². The maximum absolute atomic E-state index is 12.5. The standard InChI is InChI=1S/C20H23N3O5S/c1-2-28-17-7-5-16(6-8-17)23-13-15(11-19(23)24)20(25)22-12-14-3-9-18(10-4-14)29(21,26)27/h3-10,15H,2,11-13H2,1H3,(H,22,25)(H2,21,26,27)/t15-/m1/s1. The SMILES string of the molecule is CCOc1ccc(N2C[C@H](C(=O)NCc3ccc(S(N)(=O)=O)cc3)CC2=O)cc1. The number of hydrogen-bond acceptors (Lipinski definition) is 5. The lowest BCUT2D eigenvalue weighted by molar-refractivity contribution is -0.126. The van der Waals surface area contributed by atoms with Gasteiger partial charge in [0.1, 0.15) is 5.75 Å². The Labute approximate surface area is 169 Å². The maximum atomic E-state index is 12.5. The van der Waals surface area contributed by atoms with Crippen LogP contribution in [0.3, 0.4) is 0 Å². The lowest BCUT2D eigenvalue weighted by Gasteiger charge is -2.17. The van der Waals surface area contributed by atoms with Gasteiger partial charge in [-0.15, -0.1) is 0 Å². The fourth-order valence-electron chi connectivity index (χ4n) is 3.15. The number of amides is 2. The normalized spacial score (nSPS) is 16.7. The van der Waals surface area contributed by atoms with Gasteiger partial charge in [0.2, 0.25) is 21.8 Å². The molecule has 3 N–H and O–H groups in total. The molecule has 0 aromatic heterocycles. The number of sulfonamides is 1. The van der Waals surface area contributed by atoms with Crippen LogP contribution in [-0.4, -0.2) is 33.4 Å². The van der Waals surface area contributed by atoms with Gasteiger partial charge < -0.3 is 15.0 Å². The minimum absolute atomic E-state index is 0.0139. The molecule has 1 aliphatic heterocycles. The zero-order valence-electron chi connectivity index (χ0n) is 16.0. The van der Waals surface area contributed by atoms with Crippen LogP contribution in [0.5, 0.6) is 5.75 Å². The number of anilines is 1. The first-order valence-corrected chi connectivity index (χ1v) is 10.7. The number of ether oxygens (including phenoxy) is 1. The van der Waals surface area contributed by atoms with Crippen LogP contribution in [0.4, 0.5) is 5.69 Å². The second-order valence-electron chi connectivity index (χ2n) is 6.74. The lowest BCUT2D eigenvalue weighted by atomic mass is 10.1. The fourth-order valence-corrected chi connectivity index (χ4v) is 3.67. The molecule has 0 unspecified atom stereocenters. The number of nitrogens with two attached hydrogens (primary N) is 1. The second-order valence-corrected chi connectivity index (χ2v) is 8.30. The van der Waals surface area contributed by atoms with Gasteiger partial charge in [-0.2, -0.15) is 0 Å². The van der Waals surface area contributed by atoms with Gasteiger partial charge in [0, 0.05) is 25.2 Å². The van der Waals surface area contributed by atoms with Gasteiger partial charge in [-0.3, -0.25) is 9.59 Å². The molecule has 3 rings (SSSR count). The smallest absolute Gasteiger partial charge is 0.238 e. The molecule has 1 saturated heterocycles. The van der Waals surface area contributed by atoms with Gasteiger partial charge in [-0.25, -0.2) is 13.6 Å². The van der Waals surface area contributed by atoms with Crippen LogP contribution in [0.2, 0.25) is 0 Å². The Bertz CT molecular complexity index is 988. The van der Waals surface area contributed by atoms with E-state index in [1.165, 1.54) is 12.1 Å². The number of hydrogen-bond donors (Lipinski definition) is 2. The topological polar surface area (TPSA) is 119 Å². The van der Waals surface area contributed by atoms with E-state index in [9.17, 15) is 18.0 Å². The first-order valence-electron chi connectivity index (χ1n) is 9.20. The number of carbonyl (C=O) groups excluding carboxylic acids is 2. The summed E-state index contributed by atoms with van der Waals surface area (Å²) >= 11 is 0. The first-order chi connectivity index (χ1) is 13.8. The number of nitrogens with one attached hydrogen (secondary N) is 1. The maximum Gasteiger partial charge on any atom is 0.238 e. The summed E-state index contributed by atoms with van der Waals surface area (Å²) in [7, 11) is -3.75. The van der Waals surface area contributed by atoms with E-state index >= 15 is 0 Å². The van der Waals surface area contributed by atoms with E-state index in [0.717, 1.165) is 17.0 Å². The third-order valence-corrected chi connectivity index (χ3v) is 5.60. The molecule has 9 heteroatoms. The molecular formula is C20H23N3O5S. The van der Waals surface area contributed by atoms with Crippen molar-refractivity contribution in [1.82, 2.24) is 5.32 Å². The van der Waals surface area contributed by atoms with Gasteiger partial charge in [0.25, 0.3) is 0 Å². The first kappa shape index (κ1) is 20.8. The van der Waals surface area contributed by atoms with Crippen LogP contribution >= 0.6 is 0 Å². The van der Waals surface area contributed by atoms with E-state index < -0.39 is 15.9 Å². The van der Waals surface area contributed by atoms with Crippen LogP contribution in [0.15, 0.2) is 53.4 Å². The Hall–Kier alpha value is -2.91. The molecule has 29 heavy (non-hydrogen) atoms. The molecule has 1 heterocycles. The quantitative estimate of drug-likeness (QED) is 0.706. The highest BCUT2D eigenvalue weighted by Gasteiger charge is 2.35. The van der Waals surface area contributed by atoms with E-state index in [1.54, 1.807) is 41.3 Å². The molecule has 8 nitrogen and oxygen atoms in total. The van der Waals surface area contributed by atoms with E-state index in [2.05, 4.69) is 5.32 Å². The van der Waals surface area contributed by atoms with Crippen molar-refractivity contribution in [2.45, 2.75) is 24.8 Å². The summed E-state index contributed by atoms with van der Waals surface area (Å²) in [6.45, 7) is 3.01. The van der Waals surface area contributed by atoms with Crippen LogP contribution in [0.25, 0.3) is 0 Å². The molecule has 1 aliphatic rings. The summed E-state index contributed by atoms with van der Waals surface area (Å²) < 4.78 is 28.0. The molecule has 1 fully saturated rings. The molecule has 0 saturated carbocycles. The van der Waals surface area contributed by atoms with Gasteiger partial charge in [-0.05, 0) is 48.9 Å². The van der Waals surface area contributed by atoms with Gasteiger partial charge in [0.15, 0.2) is 0 Å². The van der Waals surface area contributed by atoms with Crippen molar-refractivity contribution in [1.29, 1.82) is 0 Å². The predicted octanol–water partition coefficient (Wildman–Crippen LogP) is 1.40. The molecule has 154 valence electrons. The van der Waals surface area contributed by atoms with E-state index in [-0.39, 0.29) is 29.7 Å². The number of rotatable bonds is 7. The predicted molar refractivity (Wildman–Crippen MR) is 108 cm³/mol. The molecule has 0 radical (unpaired) electrons. The molecule has 2 aromatic rings. The van der Waals surface area contributed by atoms with Crippen molar-refractivity contribution in [2.24, 2.45) is 11.1 Å². The van der Waals surface area contributed by atoms with Crippen LogP contribution < -0.4 is 20.1 Å². The molecule has 1 atom stereocenters. The van der Waals surface area contributed by atoms with Crippen LogP contribution in [-0.2, 0) is 26.2 Å². The molecule has 0 bridgehead atoms. The van der Waals surface area contributed by atoms with Crippen molar-refractivity contribution < 1.29 is 22.7 Å². The van der Waals surface area contributed by atoms with Crippen molar-refractivity contribution in [3.63, 3.8) is 0 Å². The molecule has 2 aromatic carbocycles. The van der Waals surface area contributed by atoms with Gasteiger partial charge >= 0.3 is 0 Å². The Morgan fingerprint density at radius 1 is 1.17 bits per heavy atom. The second kappa shape index (κ2) is 8.62. The lowest BCUT2D eigenvalue weighted by Crippen LogP contribution is -2.32. The summed E-state index contributed by atoms with van der Waals surface area (Å²) in [5.41, 5.74) is 1.46. The summed E-state index contributed by atoms with van der Waals surface area (Å²) in [6.07, 6.45) is 0.142.